The lowest BCUT2D eigenvalue weighted by Crippen LogP contribution is -2.00. The van der Waals surface area contributed by atoms with Crippen molar-refractivity contribution in [2.75, 3.05) is 0 Å². The molecule has 9 aromatic rings. The van der Waals surface area contributed by atoms with Gasteiger partial charge < -0.3 is 4.42 Å². The number of hydrogen-bond acceptors (Lipinski definition) is 4. The van der Waals surface area contributed by atoms with Crippen molar-refractivity contribution in [2.24, 2.45) is 0 Å². The monoisotopic (exact) mass is 601 g/mol. The van der Waals surface area contributed by atoms with Crippen LogP contribution in [-0.4, -0.2) is 15.0 Å². The van der Waals surface area contributed by atoms with Crippen molar-refractivity contribution in [1.29, 1.82) is 0 Å². The largest absolute Gasteiger partial charge is 0.456 e. The highest BCUT2D eigenvalue weighted by Gasteiger charge is 2.15. The summed E-state index contributed by atoms with van der Waals surface area (Å²) in [5.74, 6) is 1.85. The molecule has 0 saturated heterocycles. The van der Waals surface area contributed by atoms with Crippen molar-refractivity contribution < 1.29 is 4.42 Å². The Morgan fingerprint density at radius 1 is 0.298 bits per heavy atom. The number of rotatable bonds is 5. The van der Waals surface area contributed by atoms with Gasteiger partial charge in [0, 0.05) is 27.5 Å². The Morgan fingerprint density at radius 3 is 1.40 bits per heavy atom. The fourth-order valence-electron chi connectivity index (χ4n) is 6.26. The number of hydrogen-bond donors (Lipinski definition) is 0. The van der Waals surface area contributed by atoms with E-state index in [-0.39, 0.29) is 0 Å². The van der Waals surface area contributed by atoms with Gasteiger partial charge in [0.05, 0.1) is 0 Å². The van der Waals surface area contributed by atoms with Gasteiger partial charge in [0.2, 0.25) is 0 Å². The lowest BCUT2D eigenvalue weighted by atomic mass is 10.00. The van der Waals surface area contributed by atoms with E-state index in [1.54, 1.807) is 0 Å². The molecule has 2 heterocycles. The maximum atomic E-state index is 6.48. The summed E-state index contributed by atoms with van der Waals surface area (Å²) in [5, 5.41) is 4.59. The minimum atomic E-state index is 0.597. The third-order valence-corrected chi connectivity index (χ3v) is 8.73. The van der Waals surface area contributed by atoms with Crippen LogP contribution in [0.5, 0.6) is 0 Å². The molecule has 4 nitrogen and oxygen atoms in total. The first-order valence-electron chi connectivity index (χ1n) is 15.7. The summed E-state index contributed by atoms with van der Waals surface area (Å²) in [4.78, 5) is 14.8. The average Bonchev–Trinajstić information content (AvgIpc) is 3.52. The van der Waals surface area contributed by atoms with Crippen LogP contribution in [0.4, 0.5) is 0 Å². The van der Waals surface area contributed by atoms with Crippen LogP contribution in [0.3, 0.4) is 0 Å². The van der Waals surface area contributed by atoms with Gasteiger partial charge in [0.15, 0.2) is 17.5 Å². The fourth-order valence-corrected chi connectivity index (χ4v) is 6.26. The minimum absolute atomic E-state index is 0.597. The van der Waals surface area contributed by atoms with Crippen LogP contribution in [0.1, 0.15) is 0 Å². The maximum Gasteiger partial charge on any atom is 0.164 e. The van der Waals surface area contributed by atoms with Crippen molar-refractivity contribution in [3.63, 3.8) is 0 Å². The summed E-state index contributed by atoms with van der Waals surface area (Å²) in [7, 11) is 0. The molecule has 4 heteroatoms. The number of nitrogens with zero attached hydrogens (tertiary/aromatic N) is 3. The van der Waals surface area contributed by atoms with Crippen molar-refractivity contribution in [3.05, 3.63) is 164 Å². The van der Waals surface area contributed by atoms with E-state index in [2.05, 4.69) is 121 Å². The lowest BCUT2D eigenvalue weighted by Gasteiger charge is -2.09. The normalized spacial score (nSPS) is 11.4. The van der Waals surface area contributed by atoms with Gasteiger partial charge >= 0.3 is 0 Å². The number of aromatic nitrogens is 3. The van der Waals surface area contributed by atoms with E-state index in [9.17, 15) is 0 Å². The molecule has 0 amide bonds. The minimum Gasteiger partial charge on any atom is -0.456 e. The zero-order chi connectivity index (χ0) is 31.2. The van der Waals surface area contributed by atoms with Crippen LogP contribution in [0, 0.1) is 0 Å². The van der Waals surface area contributed by atoms with Gasteiger partial charge in [-0.25, -0.2) is 15.0 Å². The van der Waals surface area contributed by atoms with Crippen LogP contribution in [0.2, 0.25) is 0 Å². The molecule has 0 aliphatic heterocycles. The van der Waals surface area contributed by atoms with Gasteiger partial charge in [0.25, 0.3) is 0 Å². The molecular weight excluding hydrogens is 574 g/mol. The van der Waals surface area contributed by atoms with Crippen molar-refractivity contribution in [3.8, 4) is 56.4 Å². The van der Waals surface area contributed by atoms with Gasteiger partial charge in [-0.3, -0.25) is 0 Å². The third-order valence-electron chi connectivity index (χ3n) is 8.73. The molecule has 0 aliphatic carbocycles. The third kappa shape index (κ3) is 5.02. The second kappa shape index (κ2) is 11.2. The van der Waals surface area contributed by atoms with Gasteiger partial charge in [-0.15, -0.1) is 0 Å². The van der Waals surface area contributed by atoms with E-state index in [4.69, 9.17) is 19.4 Å². The van der Waals surface area contributed by atoms with Crippen molar-refractivity contribution in [2.45, 2.75) is 0 Å². The van der Waals surface area contributed by atoms with Gasteiger partial charge in [-0.05, 0) is 63.4 Å². The molecule has 0 aliphatic rings. The highest BCUT2D eigenvalue weighted by Crippen LogP contribution is 2.35. The second-order valence-electron chi connectivity index (χ2n) is 11.7. The zero-order valence-electron chi connectivity index (χ0n) is 25.3. The SMILES string of the molecule is c1ccc(-c2ccc(-c3nc(-c4ccccc4)nc(-c4ccc5c(c4)oc4cc(-c6ccc7ccccc7c6)ccc45)n3)cc2)cc1. The molecule has 0 saturated carbocycles. The molecule has 0 spiro atoms. The molecule has 2 aromatic heterocycles. The molecule has 0 unspecified atom stereocenters. The van der Waals surface area contributed by atoms with E-state index >= 15 is 0 Å². The van der Waals surface area contributed by atoms with E-state index in [0.717, 1.165) is 55.3 Å². The second-order valence-corrected chi connectivity index (χ2v) is 11.7. The smallest absolute Gasteiger partial charge is 0.164 e. The van der Waals surface area contributed by atoms with E-state index < -0.39 is 0 Å². The van der Waals surface area contributed by atoms with Crippen molar-refractivity contribution >= 4 is 32.7 Å². The predicted molar refractivity (Wildman–Crippen MR) is 192 cm³/mol. The number of fused-ring (bicyclic) bond motifs is 4. The molecule has 9 rings (SSSR count). The Morgan fingerprint density at radius 2 is 0.723 bits per heavy atom. The molecule has 7 aromatic carbocycles. The van der Waals surface area contributed by atoms with E-state index in [1.165, 1.54) is 16.3 Å². The van der Waals surface area contributed by atoms with Gasteiger partial charge in [-0.1, -0.05) is 133 Å². The highest BCUT2D eigenvalue weighted by atomic mass is 16.3. The topological polar surface area (TPSA) is 51.8 Å². The maximum absolute atomic E-state index is 6.48. The Hall–Kier alpha value is -6.39. The summed E-state index contributed by atoms with van der Waals surface area (Å²) < 4.78 is 6.48. The van der Waals surface area contributed by atoms with Crippen LogP contribution >= 0.6 is 0 Å². The highest BCUT2D eigenvalue weighted by molar-refractivity contribution is 6.07. The van der Waals surface area contributed by atoms with E-state index in [0.29, 0.717) is 17.5 Å². The summed E-state index contributed by atoms with van der Waals surface area (Å²) in [6.45, 7) is 0. The molecule has 220 valence electrons. The van der Waals surface area contributed by atoms with Crippen LogP contribution in [0.25, 0.3) is 89.1 Å². The van der Waals surface area contributed by atoms with Crippen LogP contribution in [0.15, 0.2) is 168 Å². The van der Waals surface area contributed by atoms with Crippen LogP contribution in [-0.2, 0) is 0 Å². The molecule has 0 fully saturated rings. The zero-order valence-corrected chi connectivity index (χ0v) is 25.3. The summed E-state index contributed by atoms with van der Waals surface area (Å²) in [6.07, 6.45) is 0. The summed E-state index contributed by atoms with van der Waals surface area (Å²) in [6, 6.07) is 56.5. The predicted octanol–water partition coefficient (Wildman–Crippen LogP) is 11.3. The van der Waals surface area contributed by atoms with Gasteiger partial charge in [-0.2, -0.15) is 0 Å². The Bertz CT molecular complexity index is 2550. The standard InChI is InChI=1S/C43H27N3O/c1-3-9-28(10-4-1)30-15-18-32(19-16-30)42-44-41(31-12-5-2-6-13-31)45-43(46-42)36-22-24-38-37-23-21-35(26-39(37)47-40(38)27-36)34-20-17-29-11-7-8-14-33(29)25-34/h1-27H. The lowest BCUT2D eigenvalue weighted by molar-refractivity contribution is 0.669. The first-order valence-corrected chi connectivity index (χ1v) is 15.7. The van der Waals surface area contributed by atoms with Gasteiger partial charge in [0.1, 0.15) is 11.2 Å². The molecule has 0 bridgehead atoms. The number of furan rings is 1. The van der Waals surface area contributed by atoms with E-state index in [1.807, 2.05) is 42.5 Å². The first kappa shape index (κ1) is 27.0. The molecule has 0 atom stereocenters. The van der Waals surface area contributed by atoms with Crippen molar-refractivity contribution in [1.82, 2.24) is 15.0 Å². The first-order chi connectivity index (χ1) is 23.2. The van der Waals surface area contributed by atoms with Crippen LogP contribution < -0.4 is 0 Å². The molecule has 47 heavy (non-hydrogen) atoms. The molecular formula is C43H27N3O. The fraction of sp³-hybridized carbons (Fsp3) is 0. The Labute approximate surface area is 271 Å². The average molecular weight is 602 g/mol. The quantitative estimate of drug-likeness (QED) is 0.197. The Balaban J connectivity index is 1.12. The summed E-state index contributed by atoms with van der Waals surface area (Å²) in [5.41, 5.74) is 8.97. The summed E-state index contributed by atoms with van der Waals surface area (Å²) >= 11 is 0. The number of benzene rings is 7. The molecule has 0 N–H and O–H groups in total. The molecule has 0 radical (unpaired) electrons. The Kier molecular flexibility index (Phi) is 6.43.